The summed E-state index contributed by atoms with van der Waals surface area (Å²) in [5.74, 6) is -5.55. The van der Waals surface area contributed by atoms with Gasteiger partial charge in [-0.3, -0.25) is 24.0 Å². The molecule has 0 bridgehead atoms. The van der Waals surface area contributed by atoms with E-state index in [1.165, 1.54) is 0 Å². The number of nitrogens with one attached hydrogen (secondary N) is 4. The van der Waals surface area contributed by atoms with E-state index in [0.717, 1.165) is 0 Å². The number of nitrogens with two attached hydrogens (primary N) is 2. The van der Waals surface area contributed by atoms with Crippen molar-refractivity contribution < 1.29 is 39.0 Å². The Kier molecular flexibility index (Phi) is 11.7. The van der Waals surface area contributed by atoms with Crippen molar-refractivity contribution in [1.29, 1.82) is 0 Å². The van der Waals surface area contributed by atoms with Crippen molar-refractivity contribution in [3.05, 3.63) is 35.9 Å². The maximum absolute atomic E-state index is 12.7. The average molecular weight is 480 g/mol. The lowest BCUT2D eigenvalue weighted by Gasteiger charge is -2.21. The number of carboxylic acids is 1. The summed E-state index contributed by atoms with van der Waals surface area (Å²) in [7, 11) is 0. The van der Waals surface area contributed by atoms with Gasteiger partial charge in [0.2, 0.25) is 29.5 Å². The van der Waals surface area contributed by atoms with Crippen molar-refractivity contribution in [2.45, 2.75) is 31.0 Å². The molecule has 14 nitrogen and oxygen atoms in total. The van der Waals surface area contributed by atoms with Crippen molar-refractivity contribution in [3.63, 3.8) is 0 Å². The van der Waals surface area contributed by atoms with E-state index >= 15 is 0 Å². The number of amides is 5. The number of aliphatic carboxylic acids is 1. The van der Waals surface area contributed by atoms with Gasteiger partial charge in [-0.15, -0.1) is 0 Å². The normalized spacial score (nSPS) is 13.0. The van der Waals surface area contributed by atoms with Gasteiger partial charge in [0.1, 0.15) is 18.1 Å². The summed E-state index contributed by atoms with van der Waals surface area (Å²) < 4.78 is 0. The number of aliphatic hydroxyl groups excluding tert-OH is 1. The van der Waals surface area contributed by atoms with Crippen LogP contribution in [-0.4, -0.2) is 83.5 Å². The van der Waals surface area contributed by atoms with E-state index in [-0.39, 0.29) is 6.42 Å². The number of aliphatic hydroxyl groups is 1. The van der Waals surface area contributed by atoms with Crippen LogP contribution in [0.5, 0.6) is 0 Å². The van der Waals surface area contributed by atoms with Crippen LogP contribution in [0.4, 0.5) is 0 Å². The van der Waals surface area contributed by atoms with E-state index < -0.39 is 79.7 Å². The predicted octanol–water partition coefficient (Wildman–Crippen LogP) is -4.29. The molecule has 0 aromatic heterocycles. The van der Waals surface area contributed by atoms with Gasteiger partial charge in [0.05, 0.1) is 26.1 Å². The molecule has 0 aliphatic rings. The highest BCUT2D eigenvalue weighted by Gasteiger charge is 2.28. The molecule has 0 aliphatic carbocycles. The fourth-order valence-corrected chi connectivity index (χ4v) is 2.60. The smallest absolute Gasteiger partial charge is 0.326 e. The average Bonchev–Trinajstić information content (AvgIpc) is 2.79. The van der Waals surface area contributed by atoms with Gasteiger partial charge in [-0.25, -0.2) is 4.79 Å². The van der Waals surface area contributed by atoms with Gasteiger partial charge >= 0.3 is 5.97 Å². The van der Waals surface area contributed by atoms with E-state index in [1.54, 1.807) is 30.3 Å². The van der Waals surface area contributed by atoms with Crippen LogP contribution in [0.2, 0.25) is 0 Å². The van der Waals surface area contributed by atoms with E-state index in [9.17, 15) is 33.9 Å². The zero-order chi connectivity index (χ0) is 25.7. The number of hydrogen-bond acceptors (Lipinski definition) is 8. The van der Waals surface area contributed by atoms with Crippen LogP contribution >= 0.6 is 0 Å². The third-order valence-electron chi connectivity index (χ3n) is 4.36. The number of benzene rings is 1. The molecule has 0 heterocycles. The molecule has 14 heteroatoms. The summed E-state index contributed by atoms with van der Waals surface area (Å²) in [6.07, 6.45) is -0.654. The second-order valence-corrected chi connectivity index (χ2v) is 7.16. The number of rotatable bonds is 14. The number of carboxylic acid groups (broad SMARTS) is 1. The molecule has 0 aliphatic heterocycles. The van der Waals surface area contributed by atoms with Crippen LogP contribution in [0.15, 0.2) is 30.3 Å². The molecule has 0 fully saturated rings. The highest BCUT2D eigenvalue weighted by atomic mass is 16.4. The van der Waals surface area contributed by atoms with Gasteiger partial charge < -0.3 is 42.9 Å². The highest BCUT2D eigenvalue weighted by Crippen LogP contribution is 2.05. The first-order valence-electron chi connectivity index (χ1n) is 10.1. The molecule has 34 heavy (non-hydrogen) atoms. The quantitative estimate of drug-likeness (QED) is 0.128. The van der Waals surface area contributed by atoms with Gasteiger partial charge in [0, 0.05) is 6.42 Å². The summed E-state index contributed by atoms with van der Waals surface area (Å²) in [6.45, 7) is -1.66. The number of carbonyl (C=O) groups is 6. The molecule has 0 saturated carbocycles. The van der Waals surface area contributed by atoms with Gasteiger partial charge in [-0.2, -0.15) is 0 Å². The van der Waals surface area contributed by atoms with Gasteiger partial charge in [-0.1, -0.05) is 30.3 Å². The lowest BCUT2D eigenvalue weighted by molar-refractivity contribution is -0.143. The number of primary amides is 1. The maximum atomic E-state index is 12.7. The van der Waals surface area contributed by atoms with E-state index in [1.807, 2.05) is 0 Å². The molecular weight excluding hydrogens is 452 g/mol. The molecule has 0 spiro atoms. The minimum Gasteiger partial charge on any atom is -0.480 e. The molecule has 1 rings (SSSR count). The number of hydrogen-bond donors (Lipinski definition) is 8. The van der Waals surface area contributed by atoms with E-state index in [2.05, 4.69) is 21.3 Å². The minimum absolute atomic E-state index is 0.00955. The van der Waals surface area contributed by atoms with Crippen LogP contribution < -0.4 is 32.7 Å². The Morgan fingerprint density at radius 1 is 0.853 bits per heavy atom. The Balaban J connectivity index is 2.75. The summed E-state index contributed by atoms with van der Waals surface area (Å²) in [5.41, 5.74) is 11.0. The maximum Gasteiger partial charge on any atom is 0.326 e. The second kappa shape index (κ2) is 14.2. The molecule has 0 radical (unpaired) electrons. The SMILES string of the molecule is NC(=O)C[C@H](NC(=O)[C@H](Cc1ccccc1)NC(=O)CNC(=O)CNC(=O)[C@@H](N)CO)C(=O)O. The summed E-state index contributed by atoms with van der Waals surface area (Å²) in [5, 5.41) is 26.9. The lowest BCUT2D eigenvalue weighted by Crippen LogP contribution is -2.54. The summed E-state index contributed by atoms with van der Waals surface area (Å²) >= 11 is 0. The third kappa shape index (κ3) is 10.5. The Morgan fingerprint density at radius 3 is 2.03 bits per heavy atom. The molecule has 1 aromatic carbocycles. The standard InChI is InChI=1S/C20H28N6O8/c21-12(10-27)18(31)24-8-16(29)23-9-17(30)25-13(6-11-4-2-1-3-5-11)19(32)26-14(20(33)34)7-15(22)28/h1-5,12-14,27H,6-10,21H2,(H2,22,28)(H,23,29)(H,24,31)(H,25,30)(H,26,32)(H,33,34)/t12-,13-,14-/m0/s1. The fourth-order valence-electron chi connectivity index (χ4n) is 2.60. The molecule has 3 atom stereocenters. The van der Waals surface area contributed by atoms with Crippen molar-refractivity contribution in [3.8, 4) is 0 Å². The van der Waals surface area contributed by atoms with Crippen LogP contribution in [0, 0.1) is 0 Å². The molecule has 10 N–H and O–H groups in total. The summed E-state index contributed by atoms with van der Waals surface area (Å²) in [6, 6.07) is 4.51. The second-order valence-electron chi connectivity index (χ2n) is 7.16. The Hall–Kier alpha value is -4.04. The minimum atomic E-state index is -1.59. The predicted molar refractivity (Wildman–Crippen MR) is 117 cm³/mol. The summed E-state index contributed by atoms with van der Waals surface area (Å²) in [4.78, 5) is 70.6. The molecular formula is C20H28N6O8. The van der Waals surface area contributed by atoms with Crippen molar-refractivity contribution in [1.82, 2.24) is 21.3 Å². The highest BCUT2D eigenvalue weighted by molar-refractivity contribution is 5.94. The van der Waals surface area contributed by atoms with Gasteiger partial charge in [0.15, 0.2) is 0 Å². The topological polar surface area (TPSA) is 243 Å². The van der Waals surface area contributed by atoms with E-state index in [0.29, 0.717) is 5.56 Å². The Morgan fingerprint density at radius 2 is 1.47 bits per heavy atom. The largest absolute Gasteiger partial charge is 0.480 e. The van der Waals surface area contributed by atoms with E-state index in [4.69, 9.17) is 16.6 Å². The zero-order valence-corrected chi connectivity index (χ0v) is 18.2. The third-order valence-corrected chi connectivity index (χ3v) is 4.36. The van der Waals surface area contributed by atoms with Gasteiger partial charge in [-0.05, 0) is 5.56 Å². The molecule has 5 amide bonds. The van der Waals surface area contributed by atoms with Crippen molar-refractivity contribution >= 4 is 35.5 Å². The van der Waals surface area contributed by atoms with Crippen LogP contribution in [0.25, 0.3) is 0 Å². The molecule has 0 unspecified atom stereocenters. The molecule has 0 saturated heterocycles. The zero-order valence-electron chi connectivity index (χ0n) is 18.2. The Labute approximate surface area is 194 Å². The van der Waals surface area contributed by atoms with Crippen LogP contribution in [0.3, 0.4) is 0 Å². The first-order chi connectivity index (χ1) is 16.0. The first kappa shape index (κ1) is 28.0. The lowest BCUT2D eigenvalue weighted by atomic mass is 10.0. The van der Waals surface area contributed by atoms with Crippen molar-refractivity contribution in [2.75, 3.05) is 19.7 Å². The molecule has 1 aromatic rings. The number of carbonyl (C=O) groups excluding carboxylic acids is 5. The van der Waals surface area contributed by atoms with Crippen LogP contribution in [0.1, 0.15) is 12.0 Å². The Bertz CT molecular complexity index is 894. The fraction of sp³-hybridized carbons (Fsp3) is 0.400. The first-order valence-corrected chi connectivity index (χ1v) is 10.1. The van der Waals surface area contributed by atoms with Crippen molar-refractivity contribution in [2.24, 2.45) is 11.5 Å². The van der Waals surface area contributed by atoms with Gasteiger partial charge in [0.25, 0.3) is 0 Å². The monoisotopic (exact) mass is 480 g/mol. The van der Waals surface area contributed by atoms with Crippen LogP contribution in [-0.2, 0) is 35.2 Å². The molecule has 186 valence electrons.